The molecule has 110 valence electrons. The number of rotatable bonds is 1. The minimum Gasteiger partial charge on any atom is -0.338 e. The van der Waals surface area contributed by atoms with Crippen molar-refractivity contribution < 1.29 is 4.79 Å². The van der Waals surface area contributed by atoms with Crippen molar-refractivity contribution in [1.82, 2.24) is 14.5 Å². The zero-order valence-electron chi connectivity index (χ0n) is 12.0. The van der Waals surface area contributed by atoms with Crippen LogP contribution in [0, 0.1) is 6.92 Å². The minimum atomic E-state index is 0.0294. The van der Waals surface area contributed by atoms with Gasteiger partial charge < -0.3 is 4.90 Å². The Morgan fingerprint density at radius 1 is 1.19 bits per heavy atom. The molecule has 2 aromatic heterocycles. The van der Waals surface area contributed by atoms with Gasteiger partial charge >= 0.3 is 0 Å². The van der Waals surface area contributed by atoms with E-state index in [0.29, 0.717) is 10.3 Å². The lowest BCUT2D eigenvalue weighted by Gasteiger charge is -2.14. The van der Waals surface area contributed by atoms with Gasteiger partial charge in [-0.2, -0.15) is 0 Å². The molecule has 0 spiro atoms. The summed E-state index contributed by atoms with van der Waals surface area (Å²) in [4.78, 5) is 33.1. The molecule has 6 heteroatoms. The van der Waals surface area contributed by atoms with Crippen molar-refractivity contribution in [2.24, 2.45) is 0 Å². The van der Waals surface area contributed by atoms with E-state index in [-0.39, 0.29) is 11.5 Å². The number of aromatic nitrogens is 2. The van der Waals surface area contributed by atoms with Gasteiger partial charge in [-0.1, -0.05) is 0 Å². The Kier molecular flexibility index (Phi) is 2.89. The van der Waals surface area contributed by atoms with Crippen LogP contribution in [0.5, 0.6) is 0 Å². The Morgan fingerprint density at radius 2 is 1.95 bits per heavy atom. The van der Waals surface area contributed by atoms with Crippen LogP contribution in [0.1, 0.15) is 40.3 Å². The molecule has 0 bridgehead atoms. The molecule has 2 aromatic rings. The van der Waals surface area contributed by atoms with E-state index in [0.717, 1.165) is 61.5 Å². The molecule has 0 aromatic carbocycles. The standard InChI is InChI=1S/C15H17N3O2S/c1-9-11-13(16-10-5-4-8-18(10)14(11)19)21-12(9)15(20)17-6-2-3-7-17/h2-8H2,1H3. The first-order valence-corrected chi connectivity index (χ1v) is 8.30. The van der Waals surface area contributed by atoms with Crippen LogP contribution in [0.25, 0.3) is 10.2 Å². The summed E-state index contributed by atoms with van der Waals surface area (Å²) >= 11 is 1.38. The van der Waals surface area contributed by atoms with Gasteiger partial charge in [0.1, 0.15) is 10.7 Å². The molecule has 4 heterocycles. The Balaban J connectivity index is 1.89. The van der Waals surface area contributed by atoms with Gasteiger partial charge in [0.05, 0.1) is 10.3 Å². The van der Waals surface area contributed by atoms with Gasteiger partial charge in [-0.3, -0.25) is 14.2 Å². The number of nitrogens with zero attached hydrogens (tertiary/aromatic N) is 3. The first-order chi connectivity index (χ1) is 10.2. The third-order valence-electron chi connectivity index (χ3n) is 4.50. The Bertz CT molecular complexity index is 799. The highest BCUT2D eigenvalue weighted by Gasteiger charge is 2.27. The van der Waals surface area contributed by atoms with Gasteiger partial charge in [0.2, 0.25) is 0 Å². The highest BCUT2D eigenvalue weighted by molar-refractivity contribution is 7.20. The van der Waals surface area contributed by atoms with E-state index >= 15 is 0 Å². The molecular weight excluding hydrogens is 286 g/mol. The number of hydrogen-bond donors (Lipinski definition) is 0. The summed E-state index contributed by atoms with van der Waals surface area (Å²) in [6.45, 7) is 4.29. The zero-order valence-corrected chi connectivity index (χ0v) is 12.8. The molecule has 2 aliphatic heterocycles. The molecule has 0 aliphatic carbocycles. The maximum atomic E-state index is 12.6. The molecule has 1 saturated heterocycles. The van der Waals surface area contributed by atoms with E-state index in [2.05, 4.69) is 4.98 Å². The molecule has 0 N–H and O–H groups in total. The largest absolute Gasteiger partial charge is 0.338 e. The number of fused-ring (bicyclic) bond motifs is 2. The molecule has 0 atom stereocenters. The first kappa shape index (κ1) is 13.0. The van der Waals surface area contributed by atoms with Crippen molar-refractivity contribution >= 4 is 27.5 Å². The van der Waals surface area contributed by atoms with Gasteiger partial charge in [-0.15, -0.1) is 11.3 Å². The summed E-state index contributed by atoms with van der Waals surface area (Å²) < 4.78 is 1.77. The molecule has 0 radical (unpaired) electrons. The summed E-state index contributed by atoms with van der Waals surface area (Å²) in [7, 11) is 0. The van der Waals surface area contributed by atoms with Crippen molar-refractivity contribution in [2.75, 3.05) is 13.1 Å². The second kappa shape index (κ2) is 4.66. The number of carbonyl (C=O) groups excluding carboxylic acids is 1. The van der Waals surface area contributed by atoms with Crippen molar-refractivity contribution in [1.29, 1.82) is 0 Å². The Hall–Kier alpha value is -1.69. The van der Waals surface area contributed by atoms with E-state index in [1.54, 1.807) is 4.57 Å². The fourth-order valence-electron chi connectivity index (χ4n) is 3.34. The maximum Gasteiger partial charge on any atom is 0.264 e. The fourth-order valence-corrected chi connectivity index (χ4v) is 4.50. The highest BCUT2D eigenvalue weighted by Crippen LogP contribution is 2.30. The number of thiophene rings is 1. The molecule has 21 heavy (non-hydrogen) atoms. The van der Waals surface area contributed by atoms with Crippen LogP contribution in [0.2, 0.25) is 0 Å². The van der Waals surface area contributed by atoms with Crippen LogP contribution in [-0.4, -0.2) is 33.4 Å². The van der Waals surface area contributed by atoms with Crippen LogP contribution in [-0.2, 0) is 13.0 Å². The predicted molar refractivity (Wildman–Crippen MR) is 82.1 cm³/mol. The lowest BCUT2D eigenvalue weighted by atomic mass is 10.2. The molecule has 0 saturated carbocycles. The van der Waals surface area contributed by atoms with Crippen molar-refractivity contribution in [3.05, 3.63) is 26.6 Å². The van der Waals surface area contributed by atoms with Crippen molar-refractivity contribution in [2.45, 2.75) is 39.2 Å². The van der Waals surface area contributed by atoms with Gasteiger partial charge in [0, 0.05) is 26.1 Å². The minimum absolute atomic E-state index is 0.0294. The van der Waals surface area contributed by atoms with Crippen LogP contribution < -0.4 is 5.56 Å². The van der Waals surface area contributed by atoms with Gasteiger partial charge in [0.25, 0.3) is 11.5 Å². The van der Waals surface area contributed by atoms with Crippen molar-refractivity contribution in [3.63, 3.8) is 0 Å². The Labute approximate surface area is 126 Å². The third kappa shape index (κ3) is 1.85. The van der Waals surface area contributed by atoms with Crippen LogP contribution >= 0.6 is 11.3 Å². The van der Waals surface area contributed by atoms with Crippen LogP contribution in [0.15, 0.2) is 4.79 Å². The number of likely N-dealkylation sites (tertiary alicyclic amines) is 1. The lowest BCUT2D eigenvalue weighted by molar-refractivity contribution is 0.0797. The van der Waals surface area contributed by atoms with E-state index in [1.807, 2.05) is 11.8 Å². The summed E-state index contributed by atoms with van der Waals surface area (Å²) in [5.74, 6) is 0.937. The van der Waals surface area contributed by atoms with Gasteiger partial charge in [0.15, 0.2) is 0 Å². The average Bonchev–Trinajstić information content (AvgIpc) is 3.17. The zero-order chi connectivity index (χ0) is 14.6. The number of aryl methyl sites for hydroxylation is 2. The molecule has 2 aliphatic rings. The third-order valence-corrected chi connectivity index (χ3v) is 5.67. The smallest absolute Gasteiger partial charge is 0.264 e. The molecule has 0 unspecified atom stereocenters. The average molecular weight is 303 g/mol. The summed E-state index contributed by atoms with van der Waals surface area (Å²) in [6.07, 6.45) is 3.99. The maximum absolute atomic E-state index is 12.6. The van der Waals surface area contributed by atoms with Gasteiger partial charge in [-0.25, -0.2) is 4.98 Å². The lowest BCUT2D eigenvalue weighted by Crippen LogP contribution is -2.27. The van der Waals surface area contributed by atoms with E-state index in [4.69, 9.17) is 0 Å². The Morgan fingerprint density at radius 3 is 2.71 bits per heavy atom. The molecule has 5 nitrogen and oxygen atoms in total. The molecular formula is C15H17N3O2S. The van der Waals surface area contributed by atoms with Crippen LogP contribution in [0.3, 0.4) is 0 Å². The summed E-state index contributed by atoms with van der Waals surface area (Å²) in [5, 5.41) is 0.646. The number of amides is 1. The second-order valence-electron chi connectivity index (χ2n) is 5.82. The van der Waals surface area contributed by atoms with Gasteiger partial charge in [-0.05, 0) is 31.7 Å². The van der Waals surface area contributed by atoms with E-state index in [1.165, 1.54) is 11.3 Å². The SMILES string of the molecule is Cc1c(C(=O)N2CCCC2)sc2nc3n(c(=O)c12)CCC3. The predicted octanol–water partition coefficient (Wildman–Crippen LogP) is 1.95. The van der Waals surface area contributed by atoms with E-state index in [9.17, 15) is 9.59 Å². The summed E-state index contributed by atoms with van der Waals surface area (Å²) in [5.41, 5.74) is 0.841. The highest BCUT2D eigenvalue weighted by atomic mass is 32.1. The number of carbonyl (C=O) groups is 1. The first-order valence-electron chi connectivity index (χ1n) is 7.49. The monoisotopic (exact) mass is 303 g/mol. The summed E-state index contributed by atoms with van der Waals surface area (Å²) in [6, 6.07) is 0. The van der Waals surface area contributed by atoms with Crippen LogP contribution in [0.4, 0.5) is 0 Å². The number of hydrogen-bond acceptors (Lipinski definition) is 4. The van der Waals surface area contributed by atoms with Crippen molar-refractivity contribution in [3.8, 4) is 0 Å². The molecule has 1 amide bonds. The molecule has 4 rings (SSSR count). The van der Waals surface area contributed by atoms with E-state index < -0.39 is 0 Å². The topological polar surface area (TPSA) is 55.2 Å². The normalized spacial score (nSPS) is 17.7. The fraction of sp³-hybridized carbons (Fsp3) is 0.533. The second-order valence-corrected chi connectivity index (χ2v) is 6.82. The molecule has 1 fully saturated rings. The quantitative estimate of drug-likeness (QED) is 0.809.